The average molecular weight is 365 g/mol. The van der Waals surface area contributed by atoms with Crippen LogP contribution in [0.5, 0.6) is 0 Å². The van der Waals surface area contributed by atoms with Crippen LogP contribution in [-0.4, -0.2) is 38.2 Å². The van der Waals surface area contributed by atoms with E-state index in [4.69, 9.17) is 0 Å². The number of Topliss-reactive ketones (excluding diaryl/α,β-unsaturated/α-hetero) is 1. The van der Waals surface area contributed by atoms with Crippen molar-refractivity contribution in [1.29, 1.82) is 0 Å². The molecule has 6 nitrogen and oxygen atoms in total. The van der Waals surface area contributed by atoms with E-state index < -0.39 is 5.92 Å². The standard InChI is InChI=1S/C21H23N3O3/c1-14(25)15-4-8-19(9-5-15)24-13-16(12-20(24)26)21(27)22-17-6-10-18(11-7-17)23(2)3/h4-11,16H,12-13H2,1-3H3,(H,22,27). The lowest BCUT2D eigenvalue weighted by atomic mass is 10.1. The van der Waals surface area contributed by atoms with Crippen LogP contribution in [0.4, 0.5) is 17.1 Å². The average Bonchev–Trinajstić information content (AvgIpc) is 3.04. The van der Waals surface area contributed by atoms with Gasteiger partial charge in [0, 0.05) is 49.7 Å². The second kappa shape index (κ2) is 7.61. The van der Waals surface area contributed by atoms with Crippen LogP contribution in [-0.2, 0) is 9.59 Å². The van der Waals surface area contributed by atoms with Gasteiger partial charge in [-0.25, -0.2) is 0 Å². The molecule has 2 amide bonds. The summed E-state index contributed by atoms with van der Waals surface area (Å²) in [6.07, 6.45) is 0.177. The molecule has 1 unspecified atom stereocenters. The second-order valence-electron chi connectivity index (χ2n) is 6.94. The van der Waals surface area contributed by atoms with Gasteiger partial charge in [0.25, 0.3) is 0 Å². The molecule has 2 aromatic rings. The van der Waals surface area contributed by atoms with Crippen molar-refractivity contribution in [3.63, 3.8) is 0 Å². The molecule has 1 saturated heterocycles. The van der Waals surface area contributed by atoms with Crippen LogP contribution in [0.3, 0.4) is 0 Å². The van der Waals surface area contributed by atoms with Gasteiger partial charge in [0.05, 0.1) is 5.92 Å². The third-order valence-corrected chi connectivity index (χ3v) is 4.73. The first-order valence-electron chi connectivity index (χ1n) is 8.85. The van der Waals surface area contributed by atoms with Gasteiger partial charge in [-0.1, -0.05) is 0 Å². The highest BCUT2D eigenvalue weighted by molar-refractivity contribution is 6.04. The van der Waals surface area contributed by atoms with Crippen LogP contribution >= 0.6 is 0 Å². The molecular weight excluding hydrogens is 342 g/mol. The van der Waals surface area contributed by atoms with Crippen molar-refractivity contribution in [2.75, 3.05) is 35.8 Å². The first-order valence-corrected chi connectivity index (χ1v) is 8.85. The topological polar surface area (TPSA) is 69.7 Å². The molecule has 0 saturated carbocycles. The van der Waals surface area contributed by atoms with Gasteiger partial charge in [-0.3, -0.25) is 14.4 Å². The van der Waals surface area contributed by atoms with Crippen LogP contribution in [0.2, 0.25) is 0 Å². The summed E-state index contributed by atoms with van der Waals surface area (Å²) in [6.45, 7) is 1.83. The van der Waals surface area contributed by atoms with Gasteiger partial charge in [-0.05, 0) is 55.5 Å². The fourth-order valence-corrected chi connectivity index (χ4v) is 3.10. The Bertz CT molecular complexity index is 857. The van der Waals surface area contributed by atoms with Crippen molar-refractivity contribution in [2.24, 2.45) is 5.92 Å². The monoisotopic (exact) mass is 365 g/mol. The van der Waals surface area contributed by atoms with Crippen LogP contribution < -0.4 is 15.1 Å². The number of nitrogens with one attached hydrogen (secondary N) is 1. The summed E-state index contributed by atoms with van der Waals surface area (Å²) in [7, 11) is 3.91. The van der Waals surface area contributed by atoms with Gasteiger partial charge in [-0.15, -0.1) is 0 Å². The zero-order chi connectivity index (χ0) is 19.6. The van der Waals surface area contributed by atoms with Crippen molar-refractivity contribution < 1.29 is 14.4 Å². The quantitative estimate of drug-likeness (QED) is 0.827. The third-order valence-electron chi connectivity index (χ3n) is 4.73. The van der Waals surface area contributed by atoms with E-state index in [-0.39, 0.29) is 24.0 Å². The molecule has 2 aromatic carbocycles. The molecule has 0 spiro atoms. The molecule has 1 fully saturated rings. The Kier molecular flexibility index (Phi) is 5.26. The fraction of sp³-hybridized carbons (Fsp3) is 0.286. The summed E-state index contributed by atoms with van der Waals surface area (Å²) in [6, 6.07) is 14.4. The molecule has 27 heavy (non-hydrogen) atoms. The van der Waals surface area contributed by atoms with E-state index >= 15 is 0 Å². The third kappa shape index (κ3) is 4.16. The number of carbonyl (C=O) groups is 3. The second-order valence-corrected chi connectivity index (χ2v) is 6.94. The Balaban J connectivity index is 1.65. The minimum Gasteiger partial charge on any atom is -0.378 e. The molecule has 1 heterocycles. The molecule has 1 atom stereocenters. The number of carbonyl (C=O) groups excluding carboxylic acids is 3. The van der Waals surface area contributed by atoms with Crippen molar-refractivity contribution in [3.8, 4) is 0 Å². The summed E-state index contributed by atoms with van der Waals surface area (Å²) >= 11 is 0. The molecule has 1 aliphatic heterocycles. The lowest BCUT2D eigenvalue weighted by Crippen LogP contribution is -2.28. The molecule has 140 valence electrons. The molecule has 1 aliphatic rings. The summed E-state index contributed by atoms with van der Waals surface area (Å²) < 4.78 is 0. The molecule has 0 radical (unpaired) electrons. The summed E-state index contributed by atoms with van der Waals surface area (Å²) in [5.74, 6) is -0.678. The van der Waals surface area contributed by atoms with Crippen molar-refractivity contribution in [1.82, 2.24) is 0 Å². The number of rotatable bonds is 5. The highest BCUT2D eigenvalue weighted by Crippen LogP contribution is 2.26. The van der Waals surface area contributed by atoms with E-state index in [0.29, 0.717) is 23.5 Å². The Labute approximate surface area is 158 Å². The van der Waals surface area contributed by atoms with Crippen molar-refractivity contribution in [3.05, 3.63) is 54.1 Å². The van der Waals surface area contributed by atoms with Gasteiger partial charge >= 0.3 is 0 Å². The molecule has 0 aliphatic carbocycles. The van der Waals surface area contributed by atoms with Crippen molar-refractivity contribution >= 4 is 34.7 Å². The van der Waals surface area contributed by atoms with E-state index in [1.54, 1.807) is 29.2 Å². The number of amides is 2. The first kappa shape index (κ1) is 18.6. The number of hydrogen-bond acceptors (Lipinski definition) is 4. The van der Waals surface area contributed by atoms with Crippen LogP contribution in [0.1, 0.15) is 23.7 Å². The number of nitrogens with zero attached hydrogens (tertiary/aromatic N) is 2. The van der Waals surface area contributed by atoms with E-state index in [9.17, 15) is 14.4 Å². The van der Waals surface area contributed by atoms with Crippen molar-refractivity contribution in [2.45, 2.75) is 13.3 Å². The van der Waals surface area contributed by atoms with E-state index in [1.165, 1.54) is 6.92 Å². The molecule has 3 rings (SSSR count). The maximum Gasteiger partial charge on any atom is 0.229 e. The summed E-state index contributed by atoms with van der Waals surface area (Å²) in [5.41, 5.74) is 3.06. The van der Waals surface area contributed by atoms with E-state index in [2.05, 4.69) is 5.32 Å². The minimum atomic E-state index is -0.404. The Morgan fingerprint density at radius 3 is 2.22 bits per heavy atom. The zero-order valence-corrected chi connectivity index (χ0v) is 15.7. The Morgan fingerprint density at radius 2 is 1.67 bits per heavy atom. The Morgan fingerprint density at radius 1 is 1.04 bits per heavy atom. The molecule has 0 aromatic heterocycles. The number of anilines is 3. The van der Waals surface area contributed by atoms with Crippen LogP contribution in [0.25, 0.3) is 0 Å². The van der Waals surface area contributed by atoms with Crippen LogP contribution in [0, 0.1) is 5.92 Å². The normalized spacial score (nSPS) is 16.3. The lowest BCUT2D eigenvalue weighted by Gasteiger charge is -2.17. The van der Waals surface area contributed by atoms with Gasteiger partial charge in [0.1, 0.15) is 0 Å². The predicted molar refractivity (Wildman–Crippen MR) is 106 cm³/mol. The summed E-state index contributed by atoms with van der Waals surface area (Å²) in [4.78, 5) is 39.9. The zero-order valence-electron chi connectivity index (χ0n) is 15.7. The predicted octanol–water partition coefficient (Wildman–Crippen LogP) is 2.95. The molecule has 6 heteroatoms. The van der Waals surface area contributed by atoms with Crippen LogP contribution in [0.15, 0.2) is 48.5 Å². The minimum absolute atomic E-state index is 0.0214. The molecule has 0 bridgehead atoms. The molecule has 1 N–H and O–H groups in total. The number of benzene rings is 2. The SMILES string of the molecule is CC(=O)c1ccc(N2CC(C(=O)Nc3ccc(N(C)C)cc3)CC2=O)cc1. The first-order chi connectivity index (χ1) is 12.8. The maximum absolute atomic E-state index is 12.6. The Hall–Kier alpha value is -3.15. The van der Waals surface area contributed by atoms with Gasteiger partial charge < -0.3 is 15.1 Å². The largest absolute Gasteiger partial charge is 0.378 e. The number of hydrogen-bond donors (Lipinski definition) is 1. The fourth-order valence-electron chi connectivity index (χ4n) is 3.10. The van der Waals surface area contributed by atoms with E-state index in [1.807, 2.05) is 43.3 Å². The lowest BCUT2D eigenvalue weighted by molar-refractivity contribution is -0.122. The van der Waals surface area contributed by atoms with Gasteiger partial charge in [0.15, 0.2) is 5.78 Å². The van der Waals surface area contributed by atoms with Gasteiger partial charge in [-0.2, -0.15) is 0 Å². The highest BCUT2D eigenvalue weighted by Gasteiger charge is 2.35. The summed E-state index contributed by atoms with van der Waals surface area (Å²) in [5, 5.41) is 2.89. The van der Waals surface area contributed by atoms with Gasteiger partial charge in [0.2, 0.25) is 11.8 Å². The smallest absolute Gasteiger partial charge is 0.229 e. The highest BCUT2D eigenvalue weighted by atomic mass is 16.2. The number of ketones is 1. The molecular formula is C21H23N3O3. The van der Waals surface area contributed by atoms with E-state index in [0.717, 1.165) is 5.69 Å². The maximum atomic E-state index is 12.6.